The predicted octanol–water partition coefficient (Wildman–Crippen LogP) is 3.90. The average molecular weight is 528 g/mol. The zero-order valence-corrected chi connectivity index (χ0v) is 21.1. The fraction of sp³-hybridized carbons (Fsp3) is 0.680. The van der Waals surface area contributed by atoms with Crippen LogP contribution in [-0.2, 0) is 24.1 Å². The van der Waals surface area contributed by atoms with E-state index >= 15 is 4.39 Å². The first-order chi connectivity index (χ1) is 17.5. The van der Waals surface area contributed by atoms with Crippen LogP contribution >= 0.6 is 0 Å². The van der Waals surface area contributed by atoms with Gasteiger partial charge in [-0.2, -0.15) is 13.2 Å². The number of carbonyl (C=O) groups excluding carboxylic acids is 1. The molecule has 4 rings (SSSR count). The molecular formula is C25H33F4N5O3. The van der Waals surface area contributed by atoms with E-state index in [4.69, 9.17) is 9.15 Å². The molecule has 1 amide bonds. The van der Waals surface area contributed by atoms with Gasteiger partial charge in [0.05, 0.1) is 0 Å². The lowest BCUT2D eigenvalue weighted by Crippen LogP contribution is -2.43. The fourth-order valence-corrected chi connectivity index (χ4v) is 4.86. The van der Waals surface area contributed by atoms with E-state index in [0.29, 0.717) is 63.9 Å². The molecule has 1 saturated carbocycles. The SMILES string of the molecule is Cc1nnc(CC(=O)N[C@H]2CC[C@](F)(CCN3CCc4ccc(O[C@H](C)C(F)(F)F)nc4CC3)CC2)o1. The molecule has 1 fully saturated rings. The van der Waals surface area contributed by atoms with E-state index < -0.39 is 17.9 Å². The van der Waals surface area contributed by atoms with E-state index in [1.807, 2.05) is 0 Å². The lowest BCUT2D eigenvalue weighted by molar-refractivity contribution is -0.190. The molecule has 0 aromatic carbocycles. The summed E-state index contributed by atoms with van der Waals surface area (Å²) in [5.41, 5.74) is 0.435. The first kappa shape index (κ1) is 27.3. The van der Waals surface area contributed by atoms with Crippen LogP contribution in [0.2, 0.25) is 0 Å². The normalized spacial score (nSPS) is 23.7. The monoisotopic (exact) mass is 527 g/mol. The van der Waals surface area contributed by atoms with Crippen molar-refractivity contribution >= 4 is 5.91 Å². The van der Waals surface area contributed by atoms with Gasteiger partial charge >= 0.3 is 6.18 Å². The fourth-order valence-electron chi connectivity index (χ4n) is 4.86. The number of hydrogen-bond acceptors (Lipinski definition) is 7. The van der Waals surface area contributed by atoms with Gasteiger partial charge in [-0.05, 0) is 51.0 Å². The number of amides is 1. The molecule has 37 heavy (non-hydrogen) atoms. The van der Waals surface area contributed by atoms with Crippen molar-refractivity contribution in [1.29, 1.82) is 0 Å². The second kappa shape index (κ2) is 11.3. The summed E-state index contributed by atoms with van der Waals surface area (Å²) in [5.74, 6) is 0.427. The minimum absolute atomic E-state index is 0.0132. The summed E-state index contributed by atoms with van der Waals surface area (Å²) in [5, 5.41) is 10.5. The first-order valence-electron chi connectivity index (χ1n) is 12.7. The number of rotatable bonds is 8. The highest BCUT2D eigenvalue weighted by molar-refractivity contribution is 5.77. The van der Waals surface area contributed by atoms with E-state index in [1.165, 1.54) is 6.07 Å². The van der Waals surface area contributed by atoms with Gasteiger partial charge < -0.3 is 19.4 Å². The zero-order valence-electron chi connectivity index (χ0n) is 21.1. The van der Waals surface area contributed by atoms with Crippen LogP contribution in [0.5, 0.6) is 5.88 Å². The number of pyridine rings is 1. The Bertz CT molecular complexity index is 1070. The minimum atomic E-state index is -4.45. The molecule has 12 heteroatoms. The summed E-state index contributed by atoms with van der Waals surface area (Å²) in [4.78, 5) is 18.7. The molecule has 1 atom stereocenters. The van der Waals surface area contributed by atoms with Crippen molar-refractivity contribution < 1.29 is 31.5 Å². The first-order valence-corrected chi connectivity index (χ1v) is 12.7. The topological polar surface area (TPSA) is 93.4 Å². The molecule has 1 aliphatic heterocycles. The number of halogens is 4. The summed E-state index contributed by atoms with van der Waals surface area (Å²) in [7, 11) is 0. The molecule has 2 aliphatic rings. The van der Waals surface area contributed by atoms with Gasteiger partial charge in [0.1, 0.15) is 12.1 Å². The molecular weight excluding hydrogens is 494 g/mol. The second-order valence-electron chi connectivity index (χ2n) is 10.0. The second-order valence-corrected chi connectivity index (χ2v) is 10.0. The Morgan fingerprint density at radius 2 is 1.97 bits per heavy atom. The van der Waals surface area contributed by atoms with Crippen molar-refractivity contribution in [3.05, 3.63) is 35.2 Å². The third-order valence-corrected chi connectivity index (χ3v) is 7.17. The van der Waals surface area contributed by atoms with Crippen LogP contribution in [0.4, 0.5) is 17.6 Å². The number of aromatic nitrogens is 3. The number of fused-ring (bicyclic) bond motifs is 1. The Hall–Kier alpha value is -2.76. The van der Waals surface area contributed by atoms with Crippen molar-refractivity contribution in [3.8, 4) is 5.88 Å². The predicted molar refractivity (Wildman–Crippen MR) is 126 cm³/mol. The summed E-state index contributed by atoms with van der Waals surface area (Å²) < 4.78 is 64.1. The summed E-state index contributed by atoms with van der Waals surface area (Å²) >= 11 is 0. The van der Waals surface area contributed by atoms with E-state index in [-0.39, 0.29) is 30.1 Å². The molecule has 0 unspecified atom stereocenters. The molecule has 0 bridgehead atoms. The minimum Gasteiger partial charge on any atom is -0.465 e. The van der Waals surface area contributed by atoms with Gasteiger partial charge in [-0.25, -0.2) is 9.37 Å². The zero-order chi connectivity index (χ0) is 26.6. The highest BCUT2D eigenvalue weighted by atomic mass is 19.4. The maximum Gasteiger partial charge on any atom is 0.425 e. The number of nitrogens with one attached hydrogen (secondary N) is 1. The lowest BCUT2D eigenvalue weighted by atomic mass is 9.81. The van der Waals surface area contributed by atoms with Crippen molar-refractivity contribution in [2.24, 2.45) is 0 Å². The summed E-state index contributed by atoms with van der Waals surface area (Å²) in [6, 6.07) is 3.18. The van der Waals surface area contributed by atoms with E-state index in [1.54, 1.807) is 13.0 Å². The van der Waals surface area contributed by atoms with Gasteiger partial charge in [-0.1, -0.05) is 6.07 Å². The lowest BCUT2D eigenvalue weighted by Gasteiger charge is -2.35. The van der Waals surface area contributed by atoms with Crippen LogP contribution in [0.1, 0.15) is 62.1 Å². The van der Waals surface area contributed by atoms with Gasteiger partial charge in [0.2, 0.25) is 23.6 Å². The molecule has 0 radical (unpaired) electrons. The van der Waals surface area contributed by atoms with Gasteiger partial charge in [0.25, 0.3) is 0 Å². The van der Waals surface area contributed by atoms with Crippen molar-refractivity contribution in [2.75, 3.05) is 19.6 Å². The Balaban J connectivity index is 1.21. The maximum atomic E-state index is 15.5. The van der Waals surface area contributed by atoms with Gasteiger partial charge in [0, 0.05) is 50.8 Å². The molecule has 2 aromatic heterocycles. The van der Waals surface area contributed by atoms with Crippen molar-refractivity contribution in [2.45, 2.75) is 89.2 Å². The third-order valence-electron chi connectivity index (χ3n) is 7.17. The Morgan fingerprint density at radius 1 is 1.24 bits per heavy atom. The number of aryl methyl sites for hydroxylation is 1. The Labute approximate surface area is 213 Å². The standard InChI is InChI=1S/C25H33F4N5O3/c1-16(25(27,28)29)36-22-4-3-18-7-12-34(13-8-20(18)31-22)14-11-24(26)9-5-19(6-10-24)30-21(35)15-23-33-32-17(2)37-23/h3-4,16,19H,5-15H2,1-2H3,(H,30,35)/t16-,19-,24+/m1/s1. The Morgan fingerprint density at radius 3 is 2.65 bits per heavy atom. The van der Waals surface area contributed by atoms with Crippen LogP contribution in [-0.4, -0.2) is 69.6 Å². The number of hydrogen-bond donors (Lipinski definition) is 1. The smallest absolute Gasteiger partial charge is 0.425 e. The van der Waals surface area contributed by atoms with Gasteiger partial charge in [-0.15, -0.1) is 10.2 Å². The molecule has 2 aromatic rings. The largest absolute Gasteiger partial charge is 0.465 e. The molecule has 1 aliphatic carbocycles. The number of carbonyl (C=O) groups is 1. The average Bonchev–Trinajstić information content (AvgIpc) is 3.13. The number of ether oxygens (including phenoxy) is 1. The van der Waals surface area contributed by atoms with Crippen LogP contribution in [0.15, 0.2) is 16.5 Å². The van der Waals surface area contributed by atoms with Crippen LogP contribution in [0.3, 0.4) is 0 Å². The molecule has 204 valence electrons. The number of nitrogens with zero attached hydrogens (tertiary/aromatic N) is 4. The van der Waals surface area contributed by atoms with E-state index in [2.05, 4.69) is 25.4 Å². The summed E-state index contributed by atoms with van der Waals surface area (Å²) in [6.45, 7) is 4.60. The number of alkyl halides is 4. The molecule has 1 N–H and O–H groups in total. The molecule has 3 heterocycles. The maximum absolute atomic E-state index is 15.5. The molecule has 0 saturated heterocycles. The van der Waals surface area contributed by atoms with Crippen molar-refractivity contribution in [1.82, 2.24) is 25.4 Å². The highest BCUT2D eigenvalue weighted by Crippen LogP contribution is 2.35. The highest BCUT2D eigenvalue weighted by Gasteiger charge is 2.38. The van der Waals surface area contributed by atoms with E-state index in [9.17, 15) is 18.0 Å². The summed E-state index contributed by atoms with van der Waals surface area (Å²) in [6.07, 6.45) is -2.80. The quantitative estimate of drug-likeness (QED) is 0.521. The van der Waals surface area contributed by atoms with Gasteiger partial charge in [-0.3, -0.25) is 4.79 Å². The van der Waals surface area contributed by atoms with Crippen molar-refractivity contribution in [3.63, 3.8) is 0 Å². The molecule has 0 spiro atoms. The van der Waals surface area contributed by atoms with Gasteiger partial charge in [0.15, 0.2) is 6.10 Å². The van der Waals surface area contributed by atoms with Crippen LogP contribution in [0, 0.1) is 6.92 Å². The molecule has 8 nitrogen and oxygen atoms in total. The van der Waals surface area contributed by atoms with Crippen LogP contribution in [0.25, 0.3) is 0 Å². The van der Waals surface area contributed by atoms with Crippen LogP contribution < -0.4 is 10.1 Å². The Kier molecular flexibility index (Phi) is 8.35. The third kappa shape index (κ3) is 7.62. The van der Waals surface area contributed by atoms with E-state index in [0.717, 1.165) is 24.7 Å².